The van der Waals surface area contributed by atoms with E-state index in [2.05, 4.69) is 4.98 Å². The van der Waals surface area contributed by atoms with E-state index in [1.807, 2.05) is 38.1 Å². The van der Waals surface area contributed by atoms with Crippen molar-refractivity contribution < 1.29 is 4.42 Å². The Morgan fingerprint density at radius 1 is 1.06 bits per heavy atom. The van der Waals surface area contributed by atoms with E-state index in [0.717, 1.165) is 11.3 Å². The zero-order chi connectivity index (χ0) is 12.0. The first kappa shape index (κ1) is 10.0. The van der Waals surface area contributed by atoms with E-state index in [1.165, 1.54) is 0 Å². The van der Waals surface area contributed by atoms with Crippen molar-refractivity contribution >= 4 is 22.1 Å². The number of pyridine rings is 1. The predicted octanol–water partition coefficient (Wildman–Crippen LogP) is 2.96. The summed E-state index contributed by atoms with van der Waals surface area (Å²) in [5.41, 5.74) is 2.87. The second-order valence-corrected chi connectivity index (χ2v) is 4.24. The maximum Gasteiger partial charge on any atom is 0.230 e. The summed E-state index contributed by atoms with van der Waals surface area (Å²) in [6.07, 6.45) is 0. The van der Waals surface area contributed by atoms with Gasteiger partial charge in [-0.1, -0.05) is 11.6 Å². The van der Waals surface area contributed by atoms with Crippen LogP contribution in [0.5, 0.6) is 0 Å². The van der Waals surface area contributed by atoms with E-state index in [-0.39, 0.29) is 5.43 Å². The molecule has 0 amide bonds. The van der Waals surface area contributed by atoms with E-state index in [4.69, 9.17) is 4.42 Å². The van der Waals surface area contributed by atoms with Crippen molar-refractivity contribution in [3.63, 3.8) is 0 Å². The average Bonchev–Trinajstić information content (AvgIpc) is 2.30. The highest BCUT2D eigenvalue weighted by Crippen LogP contribution is 2.18. The van der Waals surface area contributed by atoms with Gasteiger partial charge in [0.2, 0.25) is 11.1 Å². The third kappa shape index (κ3) is 1.51. The first-order chi connectivity index (χ1) is 8.15. The molecule has 0 saturated carbocycles. The summed E-state index contributed by atoms with van der Waals surface area (Å²) >= 11 is 0. The quantitative estimate of drug-likeness (QED) is 0.552. The predicted molar refractivity (Wildman–Crippen MR) is 67.3 cm³/mol. The highest BCUT2D eigenvalue weighted by Gasteiger charge is 2.08. The Kier molecular flexibility index (Phi) is 2.01. The molecule has 1 aromatic carbocycles. The lowest BCUT2D eigenvalue weighted by atomic mass is 10.1. The van der Waals surface area contributed by atoms with Gasteiger partial charge in [-0.15, -0.1) is 0 Å². The fourth-order valence-electron chi connectivity index (χ4n) is 1.94. The minimum atomic E-state index is -0.0162. The second-order valence-electron chi connectivity index (χ2n) is 4.24. The fraction of sp³-hybridized carbons (Fsp3) is 0.143. The fourth-order valence-corrected chi connectivity index (χ4v) is 1.94. The third-order valence-corrected chi connectivity index (χ3v) is 2.83. The third-order valence-electron chi connectivity index (χ3n) is 2.83. The van der Waals surface area contributed by atoms with Gasteiger partial charge in [0, 0.05) is 5.69 Å². The van der Waals surface area contributed by atoms with E-state index in [0.29, 0.717) is 22.1 Å². The van der Waals surface area contributed by atoms with Crippen molar-refractivity contribution in [2.45, 2.75) is 13.8 Å². The number of nitrogens with zero attached hydrogens (tertiary/aromatic N) is 1. The van der Waals surface area contributed by atoms with Gasteiger partial charge in [-0.3, -0.25) is 4.79 Å². The Morgan fingerprint density at radius 2 is 1.88 bits per heavy atom. The largest absolute Gasteiger partial charge is 0.437 e. The molecule has 0 aliphatic heterocycles. The summed E-state index contributed by atoms with van der Waals surface area (Å²) in [4.78, 5) is 16.5. The number of hydrogen-bond acceptors (Lipinski definition) is 3. The maximum absolute atomic E-state index is 12.3. The average molecular weight is 225 g/mol. The maximum atomic E-state index is 12.3. The lowest BCUT2D eigenvalue weighted by Gasteiger charge is -2.02. The van der Waals surface area contributed by atoms with Crippen LogP contribution in [-0.2, 0) is 0 Å². The van der Waals surface area contributed by atoms with Crippen molar-refractivity contribution in [3.05, 3.63) is 51.8 Å². The van der Waals surface area contributed by atoms with Crippen molar-refractivity contribution in [1.29, 1.82) is 0 Å². The van der Waals surface area contributed by atoms with Crippen LogP contribution in [0.1, 0.15) is 11.3 Å². The van der Waals surface area contributed by atoms with Crippen molar-refractivity contribution in [1.82, 2.24) is 4.98 Å². The number of fused-ring (bicyclic) bond motifs is 2. The highest BCUT2D eigenvalue weighted by molar-refractivity contribution is 5.88. The Balaban J connectivity index is 2.57. The van der Waals surface area contributed by atoms with Gasteiger partial charge in [-0.05, 0) is 38.1 Å². The number of hydrogen-bond donors (Lipinski definition) is 0. The van der Waals surface area contributed by atoms with E-state index in [9.17, 15) is 4.79 Å². The molecule has 0 unspecified atom stereocenters. The van der Waals surface area contributed by atoms with Crippen LogP contribution in [0.25, 0.3) is 22.1 Å². The molecule has 3 aromatic rings. The monoisotopic (exact) mass is 225 g/mol. The van der Waals surface area contributed by atoms with Crippen molar-refractivity contribution in [2.75, 3.05) is 0 Å². The molecular formula is C14H11NO2. The molecule has 84 valence electrons. The normalized spacial score (nSPS) is 11.2. The molecule has 0 saturated heterocycles. The molecule has 0 N–H and O–H groups in total. The van der Waals surface area contributed by atoms with Crippen LogP contribution in [-0.4, -0.2) is 4.98 Å². The molecule has 0 spiro atoms. The standard InChI is InChI=1S/C14H11NO2/c1-8-3-6-12-11(7-8)13(16)10-5-4-9(2)15-14(10)17-12/h3-7H,1-2H3. The lowest BCUT2D eigenvalue weighted by molar-refractivity contribution is 0.643. The van der Waals surface area contributed by atoms with Crippen LogP contribution >= 0.6 is 0 Å². The SMILES string of the molecule is Cc1ccc2oc3nc(C)ccc3c(=O)c2c1. The van der Waals surface area contributed by atoms with Crippen LogP contribution in [0, 0.1) is 13.8 Å². The summed E-state index contributed by atoms with van der Waals surface area (Å²) in [5.74, 6) is 0. The van der Waals surface area contributed by atoms with Crippen LogP contribution in [0.3, 0.4) is 0 Å². The van der Waals surface area contributed by atoms with Gasteiger partial charge >= 0.3 is 0 Å². The van der Waals surface area contributed by atoms with Crippen LogP contribution in [0.2, 0.25) is 0 Å². The molecule has 0 fully saturated rings. The summed E-state index contributed by atoms with van der Waals surface area (Å²) in [5, 5.41) is 1.15. The van der Waals surface area contributed by atoms with E-state index in [1.54, 1.807) is 6.07 Å². The molecule has 2 aromatic heterocycles. The first-order valence-electron chi connectivity index (χ1n) is 5.46. The number of aromatic nitrogens is 1. The molecule has 3 heteroatoms. The van der Waals surface area contributed by atoms with Gasteiger partial charge in [-0.25, -0.2) is 4.98 Å². The Labute approximate surface area is 97.7 Å². The number of aryl methyl sites for hydroxylation is 2. The van der Waals surface area contributed by atoms with Crippen LogP contribution in [0.15, 0.2) is 39.5 Å². The Bertz CT molecular complexity index is 787. The molecule has 17 heavy (non-hydrogen) atoms. The molecular weight excluding hydrogens is 214 g/mol. The summed E-state index contributed by atoms with van der Waals surface area (Å²) in [6, 6.07) is 9.18. The smallest absolute Gasteiger partial charge is 0.230 e. The van der Waals surface area contributed by atoms with Gasteiger partial charge in [-0.2, -0.15) is 0 Å². The lowest BCUT2D eigenvalue weighted by Crippen LogP contribution is -2.03. The number of benzene rings is 1. The first-order valence-corrected chi connectivity index (χ1v) is 5.46. The summed E-state index contributed by atoms with van der Waals surface area (Å²) < 4.78 is 5.65. The molecule has 3 rings (SSSR count). The molecule has 0 aliphatic rings. The summed E-state index contributed by atoms with van der Waals surface area (Å²) in [6.45, 7) is 3.83. The Morgan fingerprint density at radius 3 is 2.71 bits per heavy atom. The van der Waals surface area contributed by atoms with E-state index >= 15 is 0 Å². The molecule has 0 atom stereocenters. The van der Waals surface area contributed by atoms with Gasteiger partial charge in [0.15, 0.2) is 0 Å². The van der Waals surface area contributed by atoms with Crippen LogP contribution < -0.4 is 5.43 Å². The minimum Gasteiger partial charge on any atom is -0.437 e. The Hall–Kier alpha value is -2.16. The second kappa shape index (κ2) is 3.42. The molecule has 0 radical (unpaired) electrons. The van der Waals surface area contributed by atoms with Gasteiger partial charge in [0.25, 0.3) is 0 Å². The molecule has 2 heterocycles. The van der Waals surface area contributed by atoms with Crippen molar-refractivity contribution in [3.8, 4) is 0 Å². The highest BCUT2D eigenvalue weighted by atomic mass is 16.3. The van der Waals surface area contributed by atoms with Gasteiger partial charge in [0.1, 0.15) is 5.58 Å². The number of rotatable bonds is 0. The molecule has 0 aliphatic carbocycles. The zero-order valence-electron chi connectivity index (χ0n) is 9.65. The van der Waals surface area contributed by atoms with Gasteiger partial charge in [0.05, 0.1) is 10.8 Å². The van der Waals surface area contributed by atoms with Crippen molar-refractivity contribution in [2.24, 2.45) is 0 Å². The summed E-state index contributed by atoms with van der Waals surface area (Å²) in [7, 11) is 0. The zero-order valence-corrected chi connectivity index (χ0v) is 9.65. The minimum absolute atomic E-state index is 0.0162. The molecule has 0 bridgehead atoms. The van der Waals surface area contributed by atoms with E-state index < -0.39 is 0 Å². The van der Waals surface area contributed by atoms with Gasteiger partial charge < -0.3 is 4.42 Å². The topological polar surface area (TPSA) is 43.1 Å². The molecule has 3 nitrogen and oxygen atoms in total. The van der Waals surface area contributed by atoms with Crippen LogP contribution in [0.4, 0.5) is 0 Å².